The van der Waals surface area contributed by atoms with E-state index in [-0.39, 0.29) is 10.8 Å². The lowest BCUT2D eigenvalue weighted by Gasteiger charge is -2.04. The SMILES string of the molecule is Cc1csc(-c2onc(N)c2-c2ccc(F)cc2Cl)c1Cl. The molecular formula is C14H9Cl2FN2OS. The second kappa shape index (κ2) is 5.33. The number of nitrogens with two attached hydrogens (primary N) is 1. The molecule has 21 heavy (non-hydrogen) atoms. The second-order valence-electron chi connectivity index (χ2n) is 4.46. The zero-order chi connectivity index (χ0) is 15.1. The van der Waals surface area contributed by atoms with Gasteiger partial charge in [-0.3, -0.25) is 0 Å². The second-order valence-corrected chi connectivity index (χ2v) is 6.12. The number of thiophene rings is 1. The molecule has 0 saturated heterocycles. The molecule has 0 saturated carbocycles. The van der Waals surface area contributed by atoms with Crippen LogP contribution in [0, 0.1) is 12.7 Å². The highest BCUT2D eigenvalue weighted by molar-refractivity contribution is 7.14. The van der Waals surface area contributed by atoms with Gasteiger partial charge in [-0.25, -0.2) is 4.39 Å². The Morgan fingerprint density at radius 1 is 1.33 bits per heavy atom. The standard InChI is InChI=1S/C14H9Cl2FN2OS/c1-6-5-21-13(11(6)16)12-10(14(18)19-20-12)8-3-2-7(17)4-9(8)15/h2-5H,1H3,(H2,18,19). The Morgan fingerprint density at radius 2 is 2.10 bits per heavy atom. The lowest BCUT2D eigenvalue weighted by molar-refractivity contribution is 0.437. The van der Waals surface area contributed by atoms with Crippen LogP contribution < -0.4 is 5.73 Å². The number of hydrogen-bond donors (Lipinski definition) is 1. The van der Waals surface area contributed by atoms with Gasteiger partial charge < -0.3 is 10.3 Å². The molecule has 2 heterocycles. The van der Waals surface area contributed by atoms with Crippen LogP contribution in [0.1, 0.15) is 5.56 Å². The number of benzene rings is 1. The monoisotopic (exact) mass is 342 g/mol. The Kier molecular flexibility index (Phi) is 3.65. The summed E-state index contributed by atoms with van der Waals surface area (Å²) in [5, 5.41) is 6.50. The van der Waals surface area contributed by atoms with Crippen molar-refractivity contribution in [1.82, 2.24) is 5.16 Å². The summed E-state index contributed by atoms with van der Waals surface area (Å²) in [4.78, 5) is 0.716. The third-order valence-corrected chi connectivity index (χ3v) is 5.03. The Morgan fingerprint density at radius 3 is 2.71 bits per heavy atom. The van der Waals surface area contributed by atoms with Gasteiger partial charge in [-0.05, 0) is 36.1 Å². The van der Waals surface area contributed by atoms with E-state index in [4.69, 9.17) is 33.5 Å². The summed E-state index contributed by atoms with van der Waals surface area (Å²) in [5.41, 5.74) is 7.88. The third kappa shape index (κ3) is 2.41. The highest BCUT2D eigenvalue weighted by Crippen LogP contribution is 2.45. The summed E-state index contributed by atoms with van der Waals surface area (Å²) in [6.45, 7) is 1.90. The lowest BCUT2D eigenvalue weighted by atomic mass is 10.0. The van der Waals surface area contributed by atoms with Crippen LogP contribution in [0.5, 0.6) is 0 Å². The van der Waals surface area contributed by atoms with Crippen molar-refractivity contribution in [1.29, 1.82) is 0 Å². The van der Waals surface area contributed by atoms with Gasteiger partial charge in [-0.15, -0.1) is 11.3 Å². The molecule has 0 spiro atoms. The first kappa shape index (κ1) is 14.4. The van der Waals surface area contributed by atoms with Crippen molar-refractivity contribution in [3.63, 3.8) is 0 Å². The van der Waals surface area contributed by atoms with Crippen LogP contribution in [-0.2, 0) is 0 Å². The quantitative estimate of drug-likeness (QED) is 0.677. The van der Waals surface area contributed by atoms with Gasteiger partial charge in [0.25, 0.3) is 0 Å². The first-order chi connectivity index (χ1) is 9.99. The van der Waals surface area contributed by atoms with Crippen LogP contribution in [0.4, 0.5) is 10.2 Å². The van der Waals surface area contributed by atoms with Crippen molar-refractivity contribution in [2.75, 3.05) is 5.73 Å². The van der Waals surface area contributed by atoms with E-state index in [1.807, 2.05) is 12.3 Å². The number of aryl methyl sites for hydroxylation is 1. The zero-order valence-electron chi connectivity index (χ0n) is 10.8. The maximum Gasteiger partial charge on any atom is 0.188 e. The van der Waals surface area contributed by atoms with E-state index in [2.05, 4.69) is 5.16 Å². The molecular weight excluding hydrogens is 334 g/mol. The molecule has 0 bridgehead atoms. The fraction of sp³-hybridized carbons (Fsp3) is 0.0714. The number of aromatic nitrogens is 1. The van der Waals surface area contributed by atoms with Crippen LogP contribution in [0.3, 0.4) is 0 Å². The van der Waals surface area contributed by atoms with Crippen LogP contribution in [-0.4, -0.2) is 5.16 Å². The van der Waals surface area contributed by atoms with Crippen molar-refractivity contribution in [3.8, 4) is 21.8 Å². The molecule has 0 unspecified atom stereocenters. The topological polar surface area (TPSA) is 52.0 Å². The largest absolute Gasteiger partial charge is 0.380 e. The predicted octanol–water partition coefficient (Wildman–Crippen LogP) is 5.41. The van der Waals surface area contributed by atoms with E-state index in [0.29, 0.717) is 26.8 Å². The van der Waals surface area contributed by atoms with E-state index in [1.165, 1.54) is 23.5 Å². The summed E-state index contributed by atoms with van der Waals surface area (Å²) >= 11 is 13.8. The number of halogens is 3. The molecule has 0 aliphatic carbocycles. The van der Waals surface area contributed by atoms with Gasteiger partial charge in [0.1, 0.15) is 5.82 Å². The Hall–Kier alpha value is -1.56. The fourth-order valence-corrected chi connectivity index (χ4v) is 3.52. The molecule has 0 aliphatic heterocycles. The van der Waals surface area contributed by atoms with Gasteiger partial charge in [0.15, 0.2) is 11.6 Å². The van der Waals surface area contributed by atoms with Gasteiger partial charge in [0.05, 0.1) is 20.5 Å². The lowest BCUT2D eigenvalue weighted by Crippen LogP contribution is -1.90. The fourth-order valence-electron chi connectivity index (χ4n) is 1.99. The minimum Gasteiger partial charge on any atom is -0.380 e. The summed E-state index contributed by atoms with van der Waals surface area (Å²) in [5.74, 6) is 0.190. The smallest absolute Gasteiger partial charge is 0.188 e. The minimum absolute atomic E-state index is 0.181. The van der Waals surface area contributed by atoms with Crippen molar-refractivity contribution in [3.05, 3.63) is 45.0 Å². The molecule has 2 aromatic heterocycles. The molecule has 3 nitrogen and oxygen atoms in total. The van der Waals surface area contributed by atoms with E-state index in [1.54, 1.807) is 6.07 Å². The van der Waals surface area contributed by atoms with E-state index >= 15 is 0 Å². The van der Waals surface area contributed by atoms with Crippen molar-refractivity contribution >= 4 is 40.4 Å². The molecule has 0 amide bonds. The summed E-state index contributed by atoms with van der Waals surface area (Å²) in [6.07, 6.45) is 0. The average molecular weight is 343 g/mol. The molecule has 1 aromatic carbocycles. The van der Waals surface area contributed by atoms with Crippen LogP contribution in [0.2, 0.25) is 10.0 Å². The first-order valence-corrected chi connectivity index (χ1v) is 7.57. The van der Waals surface area contributed by atoms with Gasteiger partial charge in [0.2, 0.25) is 0 Å². The molecule has 2 N–H and O–H groups in total. The highest BCUT2D eigenvalue weighted by atomic mass is 35.5. The van der Waals surface area contributed by atoms with Crippen molar-refractivity contribution in [2.45, 2.75) is 6.92 Å². The summed E-state index contributed by atoms with van der Waals surface area (Å²) in [6, 6.07) is 4.06. The molecule has 0 fully saturated rings. The van der Waals surface area contributed by atoms with Crippen molar-refractivity contribution in [2.24, 2.45) is 0 Å². The summed E-state index contributed by atoms with van der Waals surface area (Å²) < 4.78 is 18.5. The van der Waals surface area contributed by atoms with Gasteiger partial charge in [0, 0.05) is 5.56 Å². The maximum atomic E-state index is 13.2. The Labute approximate surface area is 134 Å². The van der Waals surface area contributed by atoms with Crippen molar-refractivity contribution < 1.29 is 8.91 Å². The Bertz CT molecular complexity index is 828. The third-order valence-electron chi connectivity index (χ3n) is 3.02. The zero-order valence-corrected chi connectivity index (χ0v) is 13.1. The normalized spacial score (nSPS) is 11.0. The highest BCUT2D eigenvalue weighted by Gasteiger charge is 2.23. The number of hydrogen-bond acceptors (Lipinski definition) is 4. The van der Waals surface area contributed by atoms with Crippen LogP contribution >= 0.6 is 34.5 Å². The average Bonchev–Trinajstić information content (AvgIpc) is 2.95. The molecule has 108 valence electrons. The molecule has 0 radical (unpaired) electrons. The molecule has 3 rings (SSSR count). The number of nitrogen functional groups attached to an aromatic ring is 1. The molecule has 0 aliphatic rings. The minimum atomic E-state index is -0.426. The predicted molar refractivity (Wildman–Crippen MR) is 84.4 cm³/mol. The molecule has 7 heteroatoms. The number of anilines is 1. The summed E-state index contributed by atoms with van der Waals surface area (Å²) in [7, 11) is 0. The Balaban J connectivity index is 2.24. The van der Waals surface area contributed by atoms with E-state index in [0.717, 1.165) is 5.56 Å². The maximum absolute atomic E-state index is 13.2. The van der Waals surface area contributed by atoms with Gasteiger partial charge in [-0.1, -0.05) is 28.4 Å². The number of rotatable bonds is 2. The first-order valence-electron chi connectivity index (χ1n) is 5.93. The van der Waals surface area contributed by atoms with Crippen LogP contribution in [0.15, 0.2) is 28.1 Å². The van der Waals surface area contributed by atoms with E-state index in [9.17, 15) is 4.39 Å². The van der Waals surface area contributed by atoms with Gasteiger partial charge in [-0.2, -0.15) is 0 Å². The van der Waals surface area contributed by atoms with Gasteiger partial charge >= 0.3 is 0 Å². The molecule has 0 atom stereocenters. The molecule has 3 aromatic rings. The van der Waals surface area contributed by atoms with Crippen LogP contribution in [0.25, 0.3) is 21.8 Å². The van der Waals surface area contributed by atoms with E-state index < -0.39 is 5.82 Å². The number of nitrogens with zero attached hydrogens (tertiary/aromatic N) is 1.